The minimum atomic E-state index is -0.0978. The molecule has 0 aromatic carbocycles. The zero-order valence-corrected chi connectivity index (χ0v) is 9.03. The van der Waals surface area contributed by atoms with Crippen LogP contribution >= 0.6 is 0 Å². The Bertz CT molecular complexity index is 312. The highest BCUT2D eigenvalue weighted by Gasteiger charge is 2.23. The molecule has 1 atom stereocenters. The van der Waals surface area contributed by atoms with Crippen molar-refractivity contribution in [3.63, 3.8) is 0 Å². The summed E-state index contributed by atoms with van der Waals surface area (Å²) < 4.78 is 5.05. The maximum atomic E-state index is 11.7. The van der Waals surface area contributed by atoms with Crippen LogP contribution in [0.2, 0.25) is 0 Å². The fraction of sp³-hybridized carbons (Fsp3) is 0.583. The molecule has 0 radical (unpaired) electrons. The van der Waals surface area contributed by atoms with E-state index in [1.54, 1.807) is 12.1 Å². The molecule has 1 aliphatic carbocycles. The topological polar surface area (TPSA) is 42.2 Å². The van der Waals surface area contributed by atoms with Gasteiger partial charge in [0.25, 0.3) is 5.91 Å². The summed E-state index contributed by atoms with van der Waals surface area (Å²) in [5.41, 5.74) is 0. The lowest BCUT2D eigenvalue weighted by Gasteiger charge is -2.19. The fourth-order valence-corrected chi connectivity index (χ4v) is 2.26. The fourth-order valence-electron chi connectivity index (χ4n) is 2.26. The molecule has 1 saturated carbocycles. The molecule has 0 bridgehead atoms. The number of carbonyl (C=O) groups is 1. The van der Waals surface area contributed by atoms with Crippen molar-refractivity contribution in [3.05, 3.63) is 24.2 Å². The Hall–Kier alpha value is -1.25. The third kappa shape index (κ3) is 2.41. The molecule has 3 heteroatoms. The van der Waals surface area contributed by atoms with Crippen molar-refractivity contribution in [1.29, 1.82) is 0 Å². The van der Waals surface area contributed by atoms with Gasteiger partial charge in [0.1, 0.15) is 0 Å². The second kappa shape index (κ2) is 4.51. The van der Waals surface area contributed by atoms with Crippen LogP contribution in [0.25, 0.3) is 0 Å². The molecule has 1 aromatic heterocycles. The molecule has 0 saturated heterocycles. The minimum Gasteiger partial charge on any atom is -0.459 e. The van der Waals surface area contributed by atoms with Gasteiger partial charge in [0.2, 0.25) is 0 Å². The van der Waals surface area contributed by atoms with Gasteiger partial charge < -0.3 is 9.73 Å². The highest BCUT2D eigenvalue weighted by Crippen LogP contribution is 2.27. The lowest BCUT2D eigenvalue weighted by Crippen LogP contribution is -2.36. The van der Waals surface area contributed by atoms with Crippen LogP contribution in [-0.4, -0.2) is 11.9 Å². The van der Waals surface area contributed by atoms with Crippen molar-refractivity contribution in [1.82, 2.24) is 5.32 Å². The number of amides is 1. The first-order chi connectivity index (χ1) is 7.27. The predicted octanol–water partition coefficient (Wildman–Crippen LogP) is 2.59. The van der Waals surface area contributed by atoms with Crippen molar-refractivity contribution in [2.24, 2.45) is 5.92 Å². The maximum absolute atomic E-state index is 11.7. The smallest absolute Gasteiger partial charge is 0.287 e. The van der Waals surface area contributed by atoms with E-state index in [0.29, 0.717) is 11.7 Å². The zero-order chi connectivity index (χ0) is 10.7. The maximum Gasteiger partial charge on any atom is 0.287 e. The van der Waals surface area contributed by atoms with Crippen LogP contribution in [0.3, 0.4) is 0 Å². The van der Waals surface area contributed by atoms with Crippen molar-refractivity contribution in [2.75, 3.05) is 0 Å². The first-order valence-electron chi connectivity index (χ1n) is 5.62. The van der Waals surface area contributed by atoms with Gasteiger partial charge in [-0.3, -0.25) is 4.79 Å². The molecule has 15 heavy (non-hydrogen) atoms. The third-order valence-corrected chi connectivity index (χ3v) is 3.21. The largest absolute Gasteiger partial charge is 0.459 e. The van der Waals surface area contributed by atoms with E-state index in [9.17, 15) is 4.79 Å². The number of hydrogen-bond donors (Lipinski definition) is 1. The molecule has 2 rings (SSSR count). The van der Waals surface area contributed by atoms with Crippen LogP contribution in [0, 0.1) is 5.92 Å². The highest BCUT2D eigenvalue weighted by atomic mass is 16.3. The van der Waals surface area contributed by atoms with E-state index in [1.807, 2.05) is 0 Å². The van der Waals surface area contributed by atoms with Gasteiger partial charge in [-0.2, -0.15) is 0 Å². The molecule has 3 nitrogen and oxygen atoms in total. The molecule has 82 valence electrons. The van der Waals surface area contributed by atoms with Crippen LogP contribution in [0.4, 0.5) is 0 Å². The Morgan fingerprint density at radius 3 is 2.87 bits per heavy atom. The van der Waals surface area contributed by atoms with Crippen molar-refractivity contribution < 1.29 is 9.21 Å². The Morgan fingerprint density at radius 1 is 1.53 bits per heavy atom. The number of rotatable bonds is 3. The Labute approximate surface area is 89.9 Å². The monoisotopic (exact) mass is 207 g/mol. The molecule has 1 aromatic rings. The molecule has 1 heterocycles. The number of furan rings is 1. The van der Waals surface area contributed by atoms with E-state index in [4.69, 9.17) is 4.42 Å². The summed E-state index contributed by atoms with van der Waals surface area (Å²) in [5.74, 6) is 0.947. The summed E-state index contributed by atoms with van der Waals surface area (Å²) in [6, 6.07) is 3.68. The van der Waals surface area contributed by atoms with Gasteiger partial charge in [-0.1, -0.05) is 12.8 Å². The second-order valence-electron chi connectivity index (χ2n) is 4.28. The van der Waals surface area contributed by atoms with E-state index in [2.05, 4.69) is 12.2 Å². The number of hydrogen-bond acceptors (Lipinski definition) is 2. The molecular formula is C12H17NO2. The average molecular weight is 207 g/mol. The van der Waals surface area contributed by atoms with E-state index in [0.717, 1.165) is 0 Å². The van der Waals surface area contributed by atoms with Crippen molar-refractivity contribution >= 4 is 5.91 Å². The lowest BCUT2D eigenvalue weighted by molar-refractivity contribution is 0.0899. The molecule has 1 aliphatic rings. The van der Waals surface area contributed by atoms with Crippen molar-refractivity contribution in [2.45, 2.75) is 38.6 Å². The zero-order valence-electron chi connectivity index (χ0n) is 9.03. The van der Waals surface area contributed by atoms with Crippen LogP contribution in [-0.2, 0) is 0 Å². The summed E-state index contributed by atoms with van der Waals surface area (Å²) in [7, 11) is 0. The molecule has 1 amide bonds. The summed E-state index contributed by atoms with van der Waals surface area (Å²) >= 11 is 0. The Kier molecular flexibility index (Phi) is 3.09. The van der Waals surface area contributed by atoms with Gasteiger partial charge in [-0.25, -0.2) is 0 Å². The summed E-state index contributed by atoms with van der Waals surface area (Å²) in [4.78, 5) is 11.7. The quantitative estimate of drug-likeness (QED) is 0.827. The first kappa shape index (κ1) is 10.3. The van der Waals surface area contributed by atoms with E-state index < -0.39 is 0 Å². The normalized spacial score (nSPS) is 19.0. The van der Waals surface area contributed by atoms with Gasteiger partial charge >= 0.3 is 0 Å². The standard InChI is InChI=1S/C12H17NO2/c1-9(10-5-2-3-6-10)13-12(14)11-7-4-8-15-11/h4,7-10H,2-3,5-6H2,1H3,(H,13,14)/t9-/m0/s1. The van der Waals surface area contributed by atoms with Crippen LogP contribution in [0.15, 0.2) is 22.8 Å². The number of nitrogens with one attached hydrogen (secondary N) is 1. The van der Waals surface area contributed by atoms with Gasteiger partial charge in [-0.05, 0) is 37.8 Å². The highest BCUT2D eigenvalue weighted by molar-refractivity contribution is 5.91. The summed E-state index contributed by atoms with van der Waals surface area (Å²) in [5, 5.41) is 2.99. The first-order valence-corrected chi connectivity index (χ1v) is 5.62. The van der Waals surface area contributed by atoms with E-state index in [-0.39, 0.29) is 11.9 Å². The van der Waals surface area contributed by atoms with Gasteiger partial charge in [0.15, 0.2) is 5.76 Å². The molecule has 1 N–H and O–H groups in total. The van der Waals surface area contributed by atoms with Crippen molar-refractivity contribution in [3.8, 4) is 0 Å². The summed E-state index contributed by atoms with van der Waals surface area (Å²) in [6.07, 6.45) is 6.59. The Balaban J connectivity index is 1.88. The van der Waals surface area contributed by atoms with Crippen LogP contribution < -0.4 is 5.32 Å². The van der Waals surface area contributed by atoms with Gasteiger partial charge in [-0.15, -0.1) is 0 Å². The molecular weight excluding hydrogens is 190 g/mol. The molecule has 0 unspecified atom stereocenters. The molecule has 0 spiro atoms. The summed E-state index contributed by atoms with van der Waals surface area (Å²) in [6.45, 7) is 2.08. The molecule has 1 fully saturated rings. The van der Waals surface area contributed by atoms with E-state index >= 15 is 0 Å². The predicted molar refractivity (Wildman–Crippen MR) is 57.6 cm³/mol. The lowest BCUT2D eigenvalue weighted by atomic mass is 10.00. The number of carbonyl (C=O) groups excluding carboxylic acids is 1. The third-order valence-electron chi connectivity index (χ3n) is 3.21. The Morgan fingerprint density at radius 2 is 2.27 bits per heavy atom. The minimum absolute atomic E-state index is 0.0978. The molecule has 0 aliphatic heterocycles. The SMILES string of the molecule is C[C@H](NC(=O)c1ccco1)C1CCCC1. The van der Waals surface area contributed by atoms with Gasteiger partial charge in [0.05, 0.1) is 6.26 Å². The van der Waals surface area contributed by atoms with Crippen LogP contribution in [0.1, 0.15) is 43.2 Å². The second-order valence-corrected chi connectivity index (χ2v) is 4.28. The van der Waals surface area contributed by atoms with Gasteiger partial charge in [0, 0.05) is 6.04 Å². The van der Waals surface area contributed by atoms with E-state index in [1.165, 1.54) is 31.9 Å². The average Bonchev–Trinajstić information content (AvgIpc) is 2.91. The van der Waals surface area contributed by atoms with Crippen LogP contribution in [0.5, 0.6) is 0 Å².